The first-order valence-electron chi connectivity index (χ1n) is 6.47. The van der Waals surface area contributed by atoms with Crippen molar-refractivity contribution >= 4 is 21.4 Å². The quantitative estimate of drug-likeness (QED) is 0.836. The maximum atomic E-state index is 12.5. The molecule has 1 atom stereocenters. The summed E-state index contributed by atoms with van der Waals surface area (Å²) in [6.07, 6.45) is 2.41. The Morgan fingerprint density at radius 3 is 2.95 bits per heavy atom. The lowest BCUT2D eigenvalue weighted by molar-refractivity contribution is 0.165. The first-order chi connectivity index (χ1) is 9.07. The van der Waals surface area contributed by atoms with Crippen molar-refractivity contribution in [1.29, 1.82) is 0 Å². The van der Waals surface area contributed by atoms with Crippen molar-refractivity contribution in [3.63, 3.8) is 0 Å². The molecule has 19 heavy (non-hydrogen) atoms. The topological polar surface area (TPSA) is 83.6 Å². The molecule has 1 unspecified atom stereocenters. The van der Waals surface area contributed by atoms with Crippen LogP contribution in [0.4, 0.5) is 0 Å². The highest BCUT2D eigenvalue weighted by Crippen LogP contribution is 2.28. The summed E-state index contributed by atoms with van der Waals surface area (Å²) < 4.78 is 26.9. The Kier molecular flexibility index (Phi) is 4.97. The van der Waals surface area contributed by atoms with Crippen LogP contribution in [0.2, 0.25) is 0 Å². The molecule has 3 N–H and O–H groups in total. The zero-order chi connectivity index (χ0) is 13.9. The SMILES string of the molecule is NCCc1ccc(S(=O)(=O)N2CCCC(CO)C2)s1. The second-order valence-corrected chi connectivity index (χ2v) is 8.15. The Hall–Kier alpha value is -0.470. The van der Waals surface area contributed by atoms with Crippen molar-refractivity contribution in [2.24, 2.45) is 11.7 Å². The highest BCUT2D eigenvalue weighted by atomic mass is 32.2. The Bertz CT molecular complexity index is 513. The molecule has 2 rings (SSSR count). The second-order valence-electron chi connectivity index (χ2n) is 4.81. The van der Waals surface area contributed by atoms with E-state index in [1.54, 1.807) is 6.07 Å². The number of rotatable bonds is 5. The standard InChI is InChI=1S/C12H20N2O3S2/c13-6-5-11-3-4-12(18-11)19(16,17)14-7-1-2-10(8-14)9-15/h3-4,10,15H,1-2,5-9,13H2. The van der Waals surface area contributed by atoms with Gasteiger partial charge in [0.15, 0.2) is 0 Å². The van der Waals surface area contributed by atoms with Crippen molar-refractivity contribution in [2.45, 2.75) is 23.5 Å². The molecule has 0 amide bonds. The van der Waals surface area contributed by atoms with Crippen molar-refractivity contribution in [1.82, 2.24) is 4.31 Å². The molecule has 0 spiro atoms. The average Bonchev–Trinajstić information content (AvgIpc) is 2.88. The average molecular weight is 304 g/mol. The van der Waals surface area contributed by atoms with Crippen LogP contribution < -0.4 is 5.73 Å². The van der Waals surface area contributed by atoms with Crippen molar-refractivity contribution < 1.29 is 13.5 Å². The van der Waals surface area contributed by atoms with Gasteiger partial charge >= 0.3 is 0 Å². The first-order valence-corrected chi connectivity index (χ1v) is 8.73. The van der Waals surface area contributed by atoms with Gasteiger partial charge < -0.3 is 10.8 Å². The van der Waals surface area contributed by atoms with E-state index in [2.05, 4.69) is 0 Å². The molecule has 1 aliphatic heterocycles. The summed E-state index contributed by atoms with van der Waals surface area (Å²) in [4.78, 5) is 0.997. The van der Waals surface area contributed by atoms with E-state index in [1.165, 1.54) is 15.6 Å². The number of nitrogens with two attached hydrogens (primary N) is 1. The lowest BCUT2D eigenvalue weighted by atomic mass is 10.0. The molecule has 0 aliphatic carbocycles. The number of aliphatic hydroxyl groups excluding tert-OH is 1. The van der Waals surface area contributed by atoms with Gasteiger partial charge in [0, 0.05) is 24.6 Å². The minimum atomic E-state index is -3.40. The molecule has 7 heteroatoms. The lowest BCUT2D eigenvalue weighted by Crippen LogP contribution is -2.40. The fraction of sp³-hybridized carbons (Fsp3) is 0.667. The van der Waals surface area contributed by atoms with Crippen LogP contribution in [0, 0.1) is 5.92 Å². The second kappa shape index (κ2) is 6.32. The molecular weight excluding hydrogens is 284 g/mol. The smallest absolute Gasteiger partial charge is 0.252 e. The fourth-order valence-corrected chi connectivity index (χ4v) is 5.38. The van der Waals surface area contributed by atoms with Crippen LogP contribution in [0.15, 0.2) is 16.3 Å². The number of nitrogens with zero attached hydrogens (tertiary/aromatic N) is 1. The predicted octanol–water partition coefficient (Wildman–Crippen LogP) is 0.642. The zero-order valence-electron chi connectivity index (χ0n) is 10.8. The summed E-state index contributed by atoms with van der Waals surface area (Å²) in [5, 5.41) is 9.19. The summed E-state index contributed by atoms with van der Waals surface area (Å²) in [7, 11) is -3.40. The van der Waals surface area contributed by atoms with Crippen molar-refractivity contribution in [2.75, 3.05) is 26.2 Å². The van der Waals surface area contributed by atoms with Gasteiger partial charge in [0.1, 0.15) is 4.21 Å². The van der Waals surface area contributed by atoms with Gasteiger partial charge in [0.05, 0.1) is 0 Å². The van der Waals surface area contributed by atoms with Gasteiger partial charge in [-0.25, -0.2) is 8.42 Å². The van der Waals surface area contributed by atoms with Gasteiger partial charge in [-0.1, -0.05) is 0 Å². The summed E-state index contributed by atoms with van der Waals surface area (Å²) in [6.45, 7) is 1.54. The third kappa shape index (κ3) is 3.35. The normalized spacial score (nSPS) is 21.7. The number of thiophene rings is 1. The van der Waals surface area contributed by atoms with E-state index in [0.29, 0.717) is 30.3 Å². The largest absolute Gasteiger partial charge is 0.396 e. The van der Waals surface area contributed by atoms with E-state index < -0.39 is 10.0 Å². The minimum absolute atomic E-state index is 0.0505. The Morgan fingerprint density at radius 1 is 1.47 bits per heavy atom. The fourth-order valence-electron chi connectivity index (χ4n) is 2.29. The number of sulfonamides is 1. The van der Waals surface area contributed by atoms with Crippen LogP contribution in [0.25, 0.3) is 0 Å². The molecule has 1 fully saturated rings. The molecule has 0 radical (unpaired) electrons. The summed E-state index contributed by atoms with van der Waals surface area (Å²) in [5.41, 5.74) is 5.48. The van der Waals surface area contributed by atoms with Crippen LogP contribution in [0.3, 0.4) is 0 Å². The third-order valence-corrected chi connectivity index (χ3v) is 6.84. The number of aliphatic hydroxyl groups is 1. The minimum Gasteiger partial charge on any atom is -0.396 e. The maximum Gasteiger partial charge on any atom is 0.252 e. The van der Waals surface area contributed by atoms with Gasteiger partial charge in [-0.2, -0.15) is 4.31 Å². The Morgan fingerprint density at radius 2 is 2.26 bits per heavy atom. The van der Waals surface area contributed by atoms with Crippen LogP contribution in [-0.4, -0.2) is 44.1 Å². The highest BCUT2D eigenvalue weighted by Gasteiger charge is 2.30. The maximum absolute atomic E-state index is 12.5. The van der Waals surface area contributed by atoms with Gasteiger partial charge in [-0.3, -0.25) is 0 Å². The molecule has 2 heterocycles. The van der Waals surface area contributed by atoms with Gasteiger partial charge in [-0.15, -0.1) is 11.3 Å². The molecule has 0 bridgehead atoms. The number of piperidine rings is 1. The molecule has 1 saturated heterocycles. The molecule has 1 aromatic heterocycles. The summed E-state index contributed by atoms with van der Waals surface area (Å²) in [6, 6.07) is 3.49. The summed E-state index contributed by atoms with van der Waals surface area (Å²) >= 11 is 1.29. The molecule has 1 aliphatic rings. The van der Waals surface area contributed by atoms with Crippen LogP contribution >= 0.6 is 11.3 Å². The van der Waals surface area contributed by atoms with Crippen LogP contribution in [-0.2, 0) is 16.4 Å². The van der Waals surface area contributed by atoms with E-state index in [0.717, 1.165) is 17.7 Å². The van der Waals surface area contributed by atoms with Crippen molar-refractivity contribution in [3.8, 4) is 0 Å². The molecule has 0 saturated carbocycles. The molecule has 108 valence electrons. The Labute approximate surface area is 118 Å². The van der Waals surface area contributed by atoms with Crippen LogP contribution in [0.5, 0.6) is 0 Å². The molecule has 5 nitrogen and oxygen atoms in total. The molecular formula is C12H20N2O3S2. The van der Waals surface area contributed by atoms with Gasteiger partial charge in [-0.05, 0) is 43.9 Å². The highest BCUT2D eigenvalue weighted by molar-refractivity contribution is 7.91. The third-order valence-electron chi connectivity index (χ3n) is 3.36. The van der Waals surface area contributed by atoms with E-state index in [-0.39, 0.29) is 12.5 Å². The van der Waals surface area contributed by atoms with Crippen molar-refractivity contribution in [3.05, 3.63) is 17.0 Å². The van der Waals surface area contributed by atoms with E-state index >= 15 is 0 Å². The lowest BCUT2D eigenvalue weighted by Gasteiger charge is -2.30. The van der Waals surface area contributed by atoms with Gasteiger partial charge in [0.2, 0.25) is 0 Å². The van der Waals surface area contributed by atoms with E-state index in [9.17, 15) is 13.5 Å². The molecule has 1 aromatic rings. The number of hydrogen-bond donors (Lipinski definition) is 2. The van der Waals surface area contributed by atoms with Gasteiger partial charge in [0.25, 0.3) is 10.0 Å². The number of hydrogen-bond acceptors (Lipinski definition) is 5. The molecule has 0 aromatic carbocycles. The zero-order valence-corrected chi connectivity index (χ0v) is 12.4. The van der Waals surface area contributed by atoms with Crippen LogP contribution in [0.1, 0.15) is 17.7 Å². The monoisotopic (exact) mass is 304 g/mol. The Balaban J connectivity index is 2.16. The van der Waals surface area contributed by atoms with E-state index in [4.69, 9.17) is 5.73 Å². The first kappa shape index (κ1) is 14.9. The van der Waals surface area contributed by atoms with E-state index in [1.807, 2.05) is 6.07 Å². The summed E-state index contributed by atoms with van der Waals surface area (Å²) in [5.74, 6) is 0.0620. The predicted molar refractivity (Wildman–Crippen MR) is 75.6 cm³/mol.